The first-order chi connectivity index (χ1) is 11.9. The summed E-state index contributed by atoms with van der Waals surface area (Å²) in [6, 6.07) is 0. The Morgan fingerprint density at radius 2 is 0.760 bits per heavy atom. The van der Waals surface area contributed by atoms with Crippen LogP contribution < -0.4 is 0 Å². The molecule has 0 amide bonds. The molecule has 0 aromatic carbocycles. The molecule has 0 heterocycles. The zero-order valence-corrected chi connectivity index (χ0v) is 18.7. The normalized spacial score (nSPS) is 21.5. The summed E-state index contributed by atoms with van der Waals surface area (Å²) in [7, 11) is 0. The molecule has 0 radical (unpaired) electrons. The van der Waals surface area contributed by atoms with Crippen molar-refractivity contribution in [2.75, 3.05) is 0 Å². The Bertz CT molecular complexity index is 287. The molecule has 150 valence electrons. The fraction of sp³-hybridized carbons (Fsp3) is 1.00. The van der Waals surface area contributed by atoms with Gasteiger partial charge in [-0.2, -0.15) is 0 Å². The topological polar surface area (TPSA) is 0 Å². The molecule has 0 heteroatoms. The van der Waals surface area contributed by atoms with Gasteiger partial charge >= 0.3 is 0 Å². The standard InChI is InChI=1S/C10H20.C8H16.C7H14/c1-9(2)8-10-6-4-3-5-7-10;1-7(2)6-8-4-3-5-8;1-6(2)5-7-3-4-7/h9-10H,3-8H2,1-2H3;7-8H,3-6H2,1-2H3;6-7H,3-5H2,1-2H3. The van der Waals surface area contributed by atoms with Crippen LogP contribution in [-0.2, 0) is 0 Å². The van der Waals surface area contributed by atoms with Gasteiger partial charge in [0.25, 0.3) is 0 Å². The van der Waals surface area contributed by atoms with Crippen LogP contribution in [0.2, 0.25) is 0 Å². The van der Waals surface area contributed by atoms with Crippen LogP contribution in [-0.4, -0.2) is 0 Å². The van der Waals surface area contributed by atoms with Gasteiger partial charge in [-0.25, -0.2) is 0 Å². The third-order valence-corrected chi connectivity index (χ3v) is 6.06. The lowest BCUT2D eigenvalue weighted by Crippen LogP contribution is -2.12. The van der Waals surface area contributed by atoms with Crippen LogP contribution in [0.3, 0.4) is 0 Å². The molecule has 3 aliphatic rings. The van der Waals surface area contributed by atoms with Gasteiger partial charge in [-0.3, -0.25) is 0 Å². The second kappa shape index (κ2) is 13.2. The van der Waals surface area contributed by atoms with Crippen LogP contribution in [0, 0.1) is 35.5 Å². The van der Waals surface area contributed by atoms with E-state index in [1.165, 1.54) is 83.5 Å². The molecule has 3 saturated carbocycles. The molecule has 0 atom stereocenters. The fourth-order valence-corrected chi connectivity index (χ4v) is 4.50. The summed E-state index contributed by atoms with van der Waals surface area (Å²) >= 11 is 0. The van der Waals surface area contributed by atoms with Crippen LogP contribution in [0.15, 0.2) is 0 Å². The molecular formula is C25H50. The molecule has 25 heavy (non-hydrogen) atoms. The Morgan fingerprint density at radius 3 is 1.00 bits per heavy atom. The van der Waals surface area contributed by atoms with Crippen molar-refractivity contribution in [2.24, 2.45) is 35.5 Å². The predicted molar refractivity (Wildman–Crippen MR) is 115 cm³/mol. The van der Waals surface area contributed by atoms with Gasteiger partial charge in [0.2, 0.25) is 0 Å². The van der Waals surface area contributed by atoms with Gasteiger partial charge in [0.05, 0.1) is 0 Å². The van der Waals surface area contributed by atoms with Crippen LogP contribution in [0.4, 0.5) is 0 Å². The number of hydrogen-bond donors (Lipinski definition) is 0. The first-order valence-corrected chi connectivity index (χ1v) is 11.9. The highest BCUT2D eigenvalue weighted by Gasteiger charge is 2.21. The second-order valence-corrected chi connectivity index (χ2v) is 10.6. The minimum Gasteiger partial charge on any atom is -0.0628 e. The van der Waals surface area contributed by atoms with E-state index < -0.39 is 0 Å². The molecule has 0 aromatic rings. The maximum Gasteiger partial charge on any atom is -0.0412 e. The summed E-state index contributed by atoms with van der Waals surface area (Å²) in [5, 5.41) is 0. The highest BCUT2D eigenvalue weighted by Crippen LogP contribution is 2.35. The molecule has 0 aliphatic heterocycles. The third-order valence-electron chi connectivity index (χ3n) is 6.06. The first-order valence-electron chi connectivity index (χ1n) is 11.9. The highest BCUT2D eigenvalue weighted by atomic mass is 14.3. The van der Waals surface area contributed by atoms with Crippen LogP contribution in [0.25, 0.3) is 0 Å². The van der Waals surface area contributed by atoms with E-state index in [-0.39, 0.29) is 0 Å². The Balaban J connectivity index is 0.000000191. The van der Waals surface area contributed by atoms with Crippen LogP contribution in [0.1, 0.15) is 125 Å². The lowest BCUT2D eigenvalue weighted by atomic mass is 9.80. The average Bonchev–Trinajstić information content (AvgIpc) is 3.28. The Hall–Kier alpha value is 0. The molecule has 3 rings (SSSR count). The van der Waals surface area contributed by atoms with Gasteiger partial charge in [0.1, 0.15) is 0 Å². The van der Waals surface area contributed by atoms with Gasteiger partial charge in [-0.05, 0) is 54.8 Å². The fourth-order valence-electron chi connectivity index (χ4n) is 4.50. The number of rotatable bonds is 6. The van der Waals surface area contributed by atoms with Crippen molar-refractivity contribution in [2.45, 2.75) is 125 Å². The van der Waals surface area contributed by atoms with Gasteiger partial charge < -0.3 is 0 Å². The molecule has 0 aromatic heterocycles. The minimum absolute atomic E-state index is 0.920. The van der Waals surface area contributed by atoms with Gasteiger partial charge in [-0.15, -0.1) is 0 Å². The van der Waals surface area contributed by atoms with Gasteiger partial charge in [-0.1, -0.05) is 106 Å². The quantitative estimate of drug-likeness (QED) is 0.448. The molecule has 0 saturated heterocycles. The van der Waals surface area contributed by atoms with E-state index in [1.54, 1.807) is 0 Å². The van der Waals surface area contributed by atoms with Crippen molar-refractivity contribution in [3.8, 4) is 0 Å². The molecule has 0 bridgehead atoms. The summed E-state index contributed by atoms with van der Waals surface area (Å²) in [6.45, 7) is 13.9. The first kappa shape index (κ1) is 23.0. The summed E-state index contributed by atoms with van der Waals surface area (Å²) in [5.74, 6) is 6.10. The highest BCUT2D eigenvalue weighted by molar-refractivity contribution is 4.73. The smallest absolute Gasteiger partial charge is 0.0412 e. The summed E-state index contributed by atoms with van der Waals surface area (Å²) in [6.07, 6.45) is 19.5. The van der Waals surface area contributed by atoms with Crippen molar-refractivity contribution < 1.29 is 0 Å². The summed E-state index contributed by atoms with van der Waals surface area (Å²) < 4.78 is 0. The average molecular weight is 351 g/mol. The van der Waals surface area contributed by atoms with Crippen molar-refractivity contribution >= 4 is 0 Å². The molecule has 0 unspecified atom stereocenters. The van der Waals surface area contributed by atoms with Gasteiger partial charge in [0, 0.05) is 0 Å². The summed E-state index contributed by atoms with van der Waals surface area (Å²) in [5.41, 5.74) is 0. The molecule has 0 nitrogen and oxygen atoms in total. The van der Waals surface area contributed by atoms with E-state index >= 15 is 0 Å². The van der Waals surface area contributed by atoms with E-state index in [2.05, 4.69) is 41.5 Å². The Morgan fingerprint density at radius 1 is 0.440 bits per heavy atom. The molecular weight excluding hydrogens is 300 g/mol. The van der Waals surface area contributed by atoms with E-state index in [9.17, 15) is 0 Å². The zero-order chi connectivity index (χ0) is 18.7. The van der Waals surface area contributed by atoms with Gasteiger partial charge in [0.15, 0.2) is 0 Å². The van der Waals surface area contributed by atoms with Crippen molar-refractivity contribution in [1.82, 2.24) is 0 Å². The Labute approximate surface area is 160 Å². The third kappa shape index (κ3) is 13.8. The SMILES string of the molecule is CC(C)CC1CC1.CC(C)CC1CCC1.CC(C)CC1CCCCC1. The predicted octanol–water partition coefficient (Wildman–Crippen LogP) is 8.89. The van der Waals surface area contributed by atoms with E-state index in [4.69, 9.17) is 0 Å². The summed E-state index contributed by atoms with van der Waals surface area (Å²) in [4.78, 5) is 0. The largest absolute Gasteiger partial charge is 0.0628 e. The van der Waals surface area contributed by atoms with E-state index in [0.29, 0.717) is 0 Å². The lowest BCUT2D eigenvalue weighted by Gasteiger charge is -2.26. The maximum atomic E-state index is 2.34. The zero-order valence-electron chi connectivity index (χ0n) is 18.7. The van der Waals surface area contributed by atoms with E-state index in [0.717, 1.165) is 35.5 Å². The monoisotopic (exact) mass is 350 g/mol. The molecule has 0 spiro atoms. The lowest BCUT2D eigenvalue weighted by molar-refractivity contribution is 0.264. The maximum absolute atomic E-state index is 2.34. The minimum atomic E-state index is 0.920. The van der Waals surface area contributed by atoms with Crippen LogP contribution in [0.5, 0.6) is 0 Å². The molecule has 3 fully saturated rings. The molecule has 3 aliphatic carbocycles. The second-order valence-electron chi connectivity index (χ2n) is 10.6. The molecule has 0 N–H and O–H groups in total. The van der Waals surface area contributed by atoms with Crippen molar-refractivity contribution in [3.63, 3.8) is 0 Å². The van der Waals surface area contributed by atoms with E-state index in [1.807, 2.05) is 0 Å². The van der Waals surface area contributed by atoms with Crippen molar-refractivity contribution in [3.05, 3.63) is 0 Å². The van der Waals surface area contributed by atoms with Crippen LogP contribution >= 0.6 is 0 Å². The number of hydrogen-bond acceptors (Lipinski definition) is 0. The van der Waals surface area contributed by atoms with Crippen molar-refractivity contribution in [1.29, 1.82) is 0 Å². The Kier molecular flexibility index (Phi) is 12.2.